The first-order valence-electron chi connectivity index (χ1n) is 7.24. The highest BCUT2D eigenvalue weighted by atomic mass is 16.5. The molecule has 5 nitrogen and oxygen atoms in total. The Morgan fingerprint density at radius 1 is 1.38 bits per heavy atom. The van der Waals surface area contributed by atoms with Crippen LogP contribution in [0.15, 0.2) is 22.9 Å². The number of hydrogen-bond acceptors (Lipinski definition) is 4. The van der Waals surface area contributed by atoms with E-state index in [1.54, 1.807) is 6.92 Å². The van der Waals surface area contributed by atoms with E-state index in [0.29, 0.717) is 0 Å². The summed E-state index contributed by atoms with van der Waals surface area (Å²) in [6.45, 7) is 6.27. The lowest BCUT2D eigenvalue weighted by atomic mass is 10.0. The highest BCUT2D eigenvalue weighted by Crippen LogP contribution is 2.32. The topological polar surface area (TPSA) is 59.2 Å². The van der Waals surface area contributed by atoms with Gasteiger partial charge in [-0.1, -0.05) is 11.2 Å². The second-order valence-corrected chi connectivity index (χ2v) is 5.54. The van der Waals surface area contributed by atoms with E-state index in [9.17, 15) is 4.79 Å². The molecule has 0 aliphatic carbocycles. The number of hydrogen-bond donors (Lipinski definition) is 0. The Morgan fingerprint density at radius 2 is 2.19 bits per heavy atom. The van der Waals surface area contributed by atoms with Crippen LogP contribution in [-0.4, -0.2) is 27.5 Å². The maximum Gasteiger partial charge on any atom is 0.220 e. The third-order valence-corrected chi connectivity index (χ3v) is 4.11. The van der Waals surface area contributed by atoms with Gasteiger partial charge in [0.15, 0.2) is 0 Å². The second-order valence-electron chi connectivity index (χ2n) is 5.54. The summed E-state index contributed by atoms with van der Waals surface area (Å²) in [6.07, 6.45) is 3.87. The third-order valence-electron chi connectivity index (χ3n) is 4.11. The molecule has 0 aromatic carbocycles. The van der Waals surface area contributed by atoms with Crippen LogP contribution >= 0.6 is 0 Å². The summed E-state index contributed by atoms with van der Waals surface area (Å²) >= 11 is 0. The van der Waals surface area contributed by atoms with Crippen molar-refractivity contribution in [1.29, 1.82) is 0 Å². The maximum absolute atomic E-state index is 11.7. The molecule has 1 saturated heterocycles. The SMILES string of the molecule is CC(=O)N1CCC[C@@H]1c1ccc(-c2c(C)noc2C)cn1. The van der Waals surface area contributed by atoms with E-state index in [2.05, 4.69) is 10.1 Å². The molecule has 0 radical (unpaired) electrons. The largest absolute Gasteiger partial charge is 0.361 e. The molecule has 0 bridgehead atoms. The first-order chi connectivity index (χ1) is 10.1. The lowest BCUT2D eigenvalue weighted by Gasteiger charge is -2.22. The van der Waals surface area contributed by atoms with Crippen molar-refractivity contribution in [3.8, 4) is 11.1 Å². The molecule has 1 amide bonds. The van der Waals surface area contributed by atoms with E-state index in [4.69, 9.17) is 4.52 Å². The van der Waals surface area contributed by atoms with Crippen LogP contribution in [0.2, 0.25) is 0 Å². The lowest BCUT2D eigenvalue weighted by Crippen LogP contribution is -2.28. The molecular formula is C16H19N3O2. The van der Waals surface area contributed by atoms with E-state index in [1.807, 2.05) is 37.1 Å². The molecular weight excluding hydrogens is 266 g/mol. The molecule has 5 heteroatoms. The molecule has 1 fully saturated rings. The molecule has 0 spiro atoms. The fourth-order valence-electron chi connectivity index (χ4n) is 3.10. The van der Waals surface area contributed by atoms with Crippen molar-refractivity contribution in [2.75, 3.05) is 6.54 Å². The van der Waals surface area contributed by atoms with Crippen LogP contribution in [0.4, 0.5) is 0 Å². The van der Waals surface area contributed by atoms with Crippen molar-refractivity contribution in [2.45, 2.75) is 39.7 Å². The zero-order valence-corrected chi connectivity index (χ0v) is 12.6. The summed E-state index contributed by atoms with van der Waals surface area (Å²) in [5.41, 5.74) is 3.83. The fourth-order valence-corrected chi connectivity index (χ4v) is 3.10. The Kier molecular flexibility index (Phi) is 3.49. The molecule has 3 rings (SSSR count). The number of rotatable bonds is 2. The van der Waals surface area contributed by atoms with Gasteiger partial charge in [-0.05, 0) is 32.8 Å². The van der Waals surface area contributed by atoms with E-state index in [1.165, 1.54) is 0 Å². The number of aromatic nitrogens is 2. The van der Waals surface area contributed by atoms with Gasteiger partial charge in [-0.2, -0.15) is 0 Å². The van der Waals surface area contributed by atoms with Gasteiger partial charge in [0.1, 0.15) is 5.76 Å². The van der Waals surface area contributed by atoms with Crippen LogP contribution in [0.5, 0.6) is 0 Å². The number of aryl methyl sites for hydroxylation is 2. The number of likely N-dealkylation sites (tertiary alicyclic amines) is 1. The average Bonchev–Trinajstić information content (AvgIpc) is 3.07. The third kappa shape index (κ3) is 2.44. The van der Waals surface area contributed by atoms with E-state index in [0.717, 1.165) is 47.7 Å². The summed E-state index contributed by atoms with van der Waals surface area (Å²) in [6, 6.07) is 4.15. The minimum absolute atomic E-state index is 0.112. The monoisotopic (exact) mass is 285 g/mol. The van der Waals surface area contributed by atoms with E-state index >= 15 is 0 Å². The van der Waals surface area contributed by atoms with Crippen LogP contribution in [-0.2, 0) is 4.79 Å². The molecule has 110 valence electrons. The van der Waals surface area contributed by atoms with Gasteiger partial charge < -0.3 is 9.42 Å². The summed E-state index contributed by atoms with van der Waals surface area (Å²) in [4.78, 5) is 18.1. The molecule has 0 unspecified atom stereocenters. The first kappa shape index (κ1) is 13.8. The van der Waals surface area contributed by atoms with Gasteiger partial charge in [-0.15, -0.1) is 0 Å². The number of nitrogens with zero attached hydrogens (tertiary/aromatic N) is 3. The van der Waals surface area contributed by atoms with Crippen molar-refractivity contribution in [3.05, 3.63) is 35.5 Å². The van der Waals surface area contributed by atoms with Crippen molar-refractivity contribution < 1.29 is 9.32 Å². The predicted molar refractivity (Wildman–Crippen MR) is 78.6 cm³/mol. The van der Waals surface area contributed by atoms with Crippen molar-refractivity contribution in [2.24, 2.45) is 0 Å². The summed E-state index contributed by atoms with van der Waals surface area (Å²) in [7, 11) is 0. The van der Waals surface area contributed by atoms with Gasteiger partial charge in [0.25, 0.3) is 0 Å². The number of pyridine rings is 1. The van der Waals surface area contributed by atoms with Crippen LogP contribution in [0.25, 0.3) is 11.1 Å². The zero-order valence-electron chi connectivity index (χ0n) is 12.6. The molecule has 1 aliphatic heterocycles. The molecule has 1 atom stereocenters. The van der Waals surface area contributed by atoms with Gasteiger partial charge in [-0.3, -0.25) is 9.78 Å². The summed E-state index contributed by atoms with van der Waals surface area (Å²) in [5, 5.41) is 3.97. The molecule has 21 heavy (non-hydrogen) atoms. The summed E-state index contributed by atoms with van der Waals surface area (Å²) < 4.78 is 5.20. The Hall–Kier alpha value is -2.17. The Bertz CT molecular complexity index is 641. The van der Waals surface area contributed by atoms with E-state index < -0.39 is 0 Å². The normalized spacial score (nSPS) is 18.2. The van der Waals surface area contributed by atoms with Gasteiger partial charge in [-0.25, -0.2) is 0 Å². The van der Waals surface area contributed by atoms with Crippen molar-refractivity contribution >= 4 is 5.91 Å². The Morgan fingerprint density at radius 3 is 2.76 bits per heavy atom. The van der Waals surface area contributed by atoms with Gasteiger partial charge in [0.2, 0.25) is 5.91 Å². The molecule has 0 N–H and O–H groups in total. The van der Waals surface area contributed by atoms with Crippen LogP contribution in [0, 0.1) is 13.8 Å². The van der Waals surface area contributed by atoms with Gasteiger partial charge in [0, 0.05) is 30.8 Å². The molecule has 0 saturated carbocycles. The number of carbonyl (C=O) groups excluding carboxylic acids is 1. The van der Waals surface area contributed by atoms with Gasteiger partial charge in [0.05, 0.1) is 17.4 Å². The molecule has 2 aromatic heterocycles. The van der Waals surface area contributed by atoms with E-state index in [-0.39, 0.29) is 11.9 Å². The quantitative estimate of drug-likeness (QED) is 0.851. The molecule has 3 heterocycles. The first-order valence-corrected chi connectivity index (χ1v) is 7.24. The predicted octanol–water partition coefficient (Wildman–Crippen LogP) is 3.04. The Balaban J connectivity index is 1.89. The highest BCUT2D eigenvalue weighted by Gasteiger charge is 2.28. The van der Waals surface area contributed by atoms with Crippen LogP contribution in [0.1, 0.15) is 43.0 Å². The van der Waals surface area contributed by atoms with Crippen molar-refractivity contribution in [3.63, 3.8) is 0 Å². The number of amides is 1. The standard InChI is InChI=1S/C16H19N3O2/c1-10-16(11(2)21-18-10)13-6-7-14(17-9-13)15-5-4-8-19(15)12(3)20/h6-7,9,15H,4-5,8H2,1-3H3/t15-/m1/s1. The lowest BCUT2D eigenvalue weighted by molar-refractivity contribution is -0.129. The maximum atomic E-state index is 11.7. The number of carbonyl (C=O) groups is 1. The van der Waals surface area contributed by atoms with Crippen molar-refractivity contribution in [1.82, 2.24) is 15.0 Å². The zero-order chi connectivity index (χ0) is 15.0. The van der Waals surface area contributed by atoms with Crippen LogP contribution in [0.3, 0.4) is 0 Å². The smallest absolute Gasteiger partial charge is 0.220 e. The minimum atomic E-state index is 0.112. The summed E-state index contributed by atoms with van der Waals surface area (Å²) in [5.74, 6) is 0.919. The molecule has 1 aliphatic rings. The minimum Gasteiger partial charge on any atom is -0.361 e. The van der Waals surface area contributed by atoms with Gasteiger partial charge >= 0.3 is 0 Å². The van der Waals surface area contributed by atoms with Crippen LogP contribution < -0.4 is 0 Å². The second kappa shape index (κ2) is 5.31. The Labute approximate surface area is 124 Å². The average molecular weight is 285 g/mol. The molecule has 2 aromatic rings. The fraction of sp³-hybridized carbons (Fsp3) is 0.438. The highest BCUT2D eigenvalue weighted by molar-refractivity contribution is 5.74.